The molecule has 0 aliphatic carbocycles. The number of urea groups is 1. The summed E-state index contributed by atoms with van der Waals surface area (Å²) in [7, 11) is 0. The molecule has 1 aromatic heterocycles. The molecule has 3 N–H and O–H groups in total. The minimum Gasteiger partial charge on any atom is -0.352 e. The number of aromatic nitrogens is 3. The number of benzene rings is 1. The highest BCUT2D eigenvalue weighted by Crippen LogP contribution is 2.11. The van der Waals surface area contributed by atoms with Crippen molar-refractivity contribution in [2.24, 2.45) is 0 Å². The standard InChI is InChI=1S/C16H22N6O2/c1-4-11(2)19-15(23)12(3)20-16(24)21-13-5-7-14(8-6-13)22-17-9-10-18-22/h5-12H,4H2,1-3H3,(H,19,23)(H2,20,21,24). The number of hydrogen-bond donors (Lipinski definition) is 3. The fourth-order valence-corrected chi connectivity index (χ4v) is 1.93. The zero-order chi connectivity index (χ0) is 17.5. The van der Waals surface area contributed by atoms with Crippen LogP contribution in [-0.4, -0.2) is 39.0 Å². The van der Waals surface area contributed by atoms with E-state index in [1.54, 1.807) is 43.6 Å². The first-order chi connectivity index (χ1) is 11.5. The number of nitrogens with zero attached hydrogens (tertiary/aromatic N) is 3. The topological polar surface area (TPSA) is 101 Å². The smallest absolute Gasteiger partial charge is 0.319 e. The van der Waals surface area contributed by atoms with Gasteiger partial charge in [0.05, 0.1) is 18.1 Å². The van der Waals surface area contributed by atoms with Gasteiger partial charge in [-0.15, -0.1) is 0 Å². The van der Waals surface area contributed by atoms with Crippen LogP contribution in [0, 0.1) is 0 Å². The van der Waals surface area contributed by atoms with Gasteiger partial charge in [-0.1, -0.05) is 6.92 Å². The average Bonchev–Trinajstić information content (AvgIpc) is 3.09. The second kappa shape index (κ2) is 8.09. The Morgan fingerprint density at radius 2 is 1.71 bits per heavy atom. The molecule has 0 spiro atoms. The van der Waals surface area contributed by atoms with Gasteiger partial charge in [-0.3, -0.25) is 4.79 Å². The predicted octanol–water partition coefficient (Wildman–Crippen LogP) is 1.69. The van der Waals surface area contributed by atoms with Crippen LogP contribution in [0.3, 0.4) is 0 Å². The Bertz CT molecular complexity index is 668. The van der Waals surface area contributed by atoms with Crippen LogP contribution in [0.2, 0.25) is 0 Å². The van der Waals surface area contributed by atoms with E-state index in [9.17, 15) is 9.59 Å². The lowest BCUT2D eigenvalue weighted by Gasteiger charge is -2.17. The second-order valence-electron chi connectivity index (χ2n) is 5.50. The number of amides is 3. The van der Waals surface area contributed by atoms with Crippen LogP contribution in [0.5, 0.6) is 0 Å². The summed E-state index contributed by atoms with van der Waals surface area (Å²) < 4.78 is 0. The molecule has 0 aliphatic rings. The molecule has 8 heteroatoms. The lowest BCUT2D eigenvalue weighted by Crippen LogP contribution is -2.48. The summed E-state index contributed by atoms with van der Waals surface area (Å²) in [6.45, 7) is 5.54. The molecule has 2 aromatic rings. The maximum absolute atomic E-state index is 12.0. The molecule has 1 heterocycles. The van der Waals surface area contributed by atoms with E-state index in [2.05, 4.69) is 26.1 Å². The van der Waals surface area contributed by atoms with E-state index in [1.165, 1.54) is 4.80 Å². The van der Waals surface area contributed by atoms with Gasteiger partial charge in [0, 0.05) is 11.7 Å². The van der Waals surface area contributed by atoms with Crippen LogP contribution in [-0.2, 0) is 4.79 Å². The second-order valence-corrected chi connectivity index (χ2v) is 5.50. The minimum atomic E-state index is -0.619. The highest BCUT2D eigenvalue weighted by Gasteiger charge is 2.16. The van der Waals surface area contributed by atoms with Crippen molar-refractivity contribution in [3.05, 3.63) is 36.7 Å². The van der Waals surface area contributed by atoms with E-state index in [0.29, 0.717) is 5.69 Å². The lowest BCUT2D eigenvalue weighted by atomic mass is 10.2. The molecule has 128 valence electrons. The molecule has 0 radical (unpaired) electrons. The maximum Gasteiger partial charge on any atom is 0.319 e. The normalized spacial score (nSPS) is 13.0. The highest BCUT2D eigenvalue weighted by molar-refractivity contribution is 5.93. The molecular weight excluding hydrogens is 308 g/mol. The van der Waals surface area contributed by atoms with Crippen molar-refractivity contribution < 1.29 is 9.59 Å². The Hall–Kier alpha value is -2.90. The third kappa shape index (κ3) is 4.80. The maximum atomic E-state index is 12.0. The molecule has 0 saturated heterocycles. The average molecular weight is 330 g/mol. The molecule has 3 amide bonds. The number of anilines is 1. The number of hydrogen-bond acceptors (Lipinski definition) is 4. The van der Waals surface area contributed by atoms with Crippen molar-refractivity contribution >= 4 is 17.6 Å². The third-order valence-corrected chi connectivity index (χ3v) is 3.52. The Morgan fingerprint density at radius 3 is 2.29 bits per heavy atom. The Kier molecular flexibility index (Phi) is 5.89. The van der Waals surface area contributed by atoms with Gasteiger partial charge in [-0.25, -0.2) is 4.79 Å². The van der Waals surface area contributed by atoms with Crippen molar-refractivity contribution in [1.29, 1.82) is 0 Å². The van der Waals surface area contributed by atoms with E-state index < -0.39 is 12.1 Å². The number of carbonyl (C=O) groups is 2. The van der Waals surface area contributed by atoms with Crippen molar-refractivity contribution in [3.63, 3.8) is 0 Å². The first-order valence-electron chi connectivity index (χ1n) is 7.84. The monoisotopic (exact) mass is 330 g/mol. The van der Waals surface area contributed by atoms with Gasteiger partial charge in [0.1, 0.15) is 6.04 Å². The van der Waals surface area contributed by atoms with Gasteiger partial charge >= 0.3 is 6.03 Å². The summed E-state index contributed by atoms with van der Waals surface area (Å²) in [5.74, 6) is -0.209. The molecule has 2 unspecified atom stereocenters. The molecular formula is C16H22N6O2. The van der Waals surface area contributed by atoms with Crippen LogP contribution in [0.1, 0.15) is 27.2 Å². The molecule has 24 heavy (non-hydrogen) atoms. The van der Waals surface area contributed by atoms with E-state index in [4.69, 9.17) is 0 Å². The first kappa shape index (κ1) is 17.5. The Labute approximate surface area is 140 Å². The van der Waals surface area contributed by atoms with Crippen LogP contribution in [0.4, 0.5) is 10.5 Å². The largest absolute Gasteiger partial charge is 0.352 e. The summed E-state index contributed by atoms with van der Waals surface area (Å²) in [6.07, 6.45) is 4.01. The van der Waals surface area contributed by atoms with Crippen LogP contribution >= 0.6 is 0 Å². The van der Waals surface area contributed by atoms with Crippen LogP contribution < -0.4 is 16.0 Å². The molecule has 2 atom stereocenters. The van der Waals surface area contributed by atoms with Gasteiger partial charge in [-0.05, 0) is 44.5 Å². The zero-order valence-corrected chi connectivity index (χ0v) is 14.0. The van der Waals surface area contributed by atoms with Crippen molar-refractivity contribution in [1.82, 2.24) is 25.6 Å². The summed E-state index contributed by atoms with van der Waals surface area (Å²) in [5.41, 5.74) is 1.39. The third-order valence-electron chi connectivity index (χ3n) is 3.52. The fourth-order valence-electron chi connectivity index (χ4n) is 1.93. The van der Waals surface area contributed by atoms with E-state index in [1.807, 2.05) is 13.8 Å². The number of nitrogens with one attached hydrogen (secondary N) is 3. The Morgan fingerprint density at radius 1 is 1.08 bits per heavy atom. The van der Waals surface area contributed by atoms with E-state index in [-0.39, 0.29) is 11.9 Å². The van der Waals surface area contributed by atoms with Gasteiger partial charge in [0.15, 0.2) is 0 Å². The van der Waals surface area contributed by atoms with Gasteiger partial charge in [-0.2, -0.15) is 15.0 Å². The fraction of sp³-hybridized carbons (Fsp3) is 0.375. The van der Waals surface area contributed by atoms with Crippen molar-refractivity contribution in [3.8, 4) is 5.69 Å². The SMILES string of the molecule is CCC(C)NC(=O)C(C)NC(=O)Nc1ccc(-n2nccn2)cc1. The minimum absolute atomic E-state index is 0.0771. The Balaban J connectivity index is 1.87. The number of carbonyl (C=O) groups excluding carboxylic acids is 2. The highest BCUT2D eigenvalue weighted by atomic mass is 16.2. The predicted molar refractivity (Wildman–Crippen MR) is 90.9 cm³/mol. The summed E-state index contributed by atoms with van der Waals surface area (Å²) in [6, 6.07) is 6.07. The van der Waals surface area contributed by atoms with E-state index >= 15 is 0 Å². The zero-order valence-electron chi connectivity index (χ0n) is 14.0. The molecule has 0 bridgehead atoms. The lowest BCUT2D eigenvalue weighted by molar-refractivity contribution is -0.123. The van der Waals surface area contributed by atoms with Crippen molar-refractivity contribution in [2.75, 3.05) is 5.32 Å². The van der Waals surface area contributed by atoms with E-state index in [0.717, 1.165) is 12.1 Å². The van der Waals surface area contributed by atoms with Crippen molar-refractivity contribution in [2.45, 2.75) is 39.3 Å². The molecule has 8 nitrogen and oxygen atoms in total. The van der Waals surface area contributed by atoms with Crippen LogP contribution in [0.25, 0.3) is 5.69 Å². The van der Waals surface area contributed by atoms with Crippen LogP contribution in [0.15, 0.2) is 36.7 Å². The summed E-state index contributed by atoms with van der Waals surface area (Å²) >= 11 is 0. The van der Waals surface area contributed by atoms with Gasteiger partial charge < -0.3 is 16.0 Å². The quantitative estimate of drug-likeness (QED) is 0.750. The van der Waals surface area contributed by atoms with Gasteiger partial charge in [0.2, 0.25) is 5.91 Å². The molecule has 1 aromatic carbocycles. The first-order valence-corrected chi connectivity index (χ1v) is 7.84. The molecule has 0 saturated carbocycles. The molecule has 0 aliphatic heterocycles. The molecule has 2 rings (SSSR count). The summed E-state index contributed by atoms with van der Waals surface area (Å²) in [5, 5.41) is 16.2. The van der Waals surface area contributed by atoms with Gasteiger partial charge in [0.25, 0.3) is 0 Å². The number of rotatable bonds is 6. The summed E-state index contributed by atoms with van der Waals surface area (Å²) in [4.78, 5) is 25.3. The molecule has 0 fully saturated rings.